The first-order chi connectivity index (χ1) is 9.31. The van der Waals surface area contributed by atoms with Crippen LogP contribution in [0.2, 0.25) is 0 Å². The van der Waals surface area contributed by atoms with Gasteiger partial charge in [-0.25, -0.2) is 0 Å². The van der Waals surface area contributed by atoms with Crippen LogP contribution in [0.15, 0.2) is 36.4 Å². The quantitative estimate of drug-likeness (QED) is 0.806. The van der Waals surface area contributed by atoms with Crippen LogP contribution < -0.4 is 5.32 Å². The molecule has 19 heavy (non-hydrogen) atoms. The Bertz CT molecular complexity index is 504. The normalized spacial score (nSPS) is 36.7. The van der Waals surface area contributed by atoms with Gasteiger partial charge >= 0.3 is 0 Å². The van der Waals surface area contributed by atoms with E-state index < -0.39 is 0 Å². The van der Waals surface area contributed by atoms with Gasteiger partial charge in [-0.2, -0.15) is 0 Å². The lowest BCUT2D eigenvalue weighted by molar-refractivity contribution is 0.300. The Hall–Kier alpha value is -1.08. The monoisotopic (exact) mass is 253 g/mol. The van der Waals surface area contributed by atoms with E-state index in [2.05, 4.69) is 48.7 Å². The molecule has 0 aliphatic heterocycles. The van der Waals surface area contributed by atoms with Gasteiger partial charge < -0.3 is 5.32 Å². The van der Waals surface area contributed by atoms with Crippen LogP contribution in [0.5, 0.6) is 0 Å². The topological polar surface area (TPSA) is 12.0 Å². The number of hydrogen-bond acceptors (Lipinski definition) is 1. The van der Waals surface area contributed by atoms with Crippen molar-refractivity contribution in [2.24, 2.45) is 17.8 Å². The molecule has 1 fully saturated rings. The van der Waals surface area contributed by atoms with Crippen molar-refractivity contribution in [3.05, 3.63) is 47.5 Å². The molecule has 3 aliphatic carbocycles. The van der Waals surface area contributed by atoms with Gasteiger partial charge in [-0.3, -0.25) is 0 Å². The zero-order valence-corrected chi connectivity index (χ0v) is 11.7. The predicted molar refractivity (Wildman–Crippen MR) is 78.9 cm³/mol. The molecule has 0 radical (unpaired) electrons. The maximum atomic E-state index is 3.93. The van der Waals surface area contributed by atoms with Crippen molar-refractivity contribution in [3.8, 4) is 0 Å². The minimum atomic E-state index is 0.592. The summed E-state index contributed by atoms with van der Waals surface area (Å²) in [5.74, 6) is 2.60. The third-order valence-corrected chi connectivity index (χ3v) is 5.57. The number of hydrogen-bond donors (Lipinski definition) is 1. The molecule has 1 N–H and O–H groups in total. The molecule has 0 amide bonds. The Morgan fingerprint density at radius 1 is 1.16 bits per heavy atom. The lowest BCUT2D eigenvalue weighted by Crippen LogP contribution is -2.37. The molecule has 100 valence electrons. The molecule has 3 aliphatic rings. The number of benzene rings is 1. The van der Waals surface area contributed by atoms with Crippen molar-refractivity contribution < 1.29 is 0 Å². The molecule has 0 aromatic heterocycles. The molecule has 0 spiro atoms. The maximum absolute atomic E-state index is 3.93. The SMILES string of the molecule is CC(NC1CCc2ccccc21)C1CC2C=CC1C2. The van der Waals surface area contributed by atoms with Gasteiger partial charge in [-0.15, -0.1) is 0 Å². The second-order valence-electron chi connectivity index (χ2n) is 6.69. The zero-order valence-electron chi connectivity index (χ0n) is 11.7. The average molecular weight is 253 g/mol. The van der Waals surface area contributed by atoms with Gasteiger partial charge in [0.15, 0.2) is 0 Å². The van der Waals surface area contributed by atoms with Gasteiger partial charge in [0.2, 0.25) is 0 Å². The van der Waals surface area contributed by atoms with Gasteiger partial charge in [-0.1, -0.05) is 36.4 Å². The fourth-order valence-corrected chi connectivity index (χ4v) is 4.57. The van der Waals surface area contributed by atoms with Crippen LogP contribution in [0.3, 0.4) is 0 Å². The van der Waals surface area contributed by atoms with Crippen LogP contribution in [0.25, 0.3) is 0 Å². The van der Waals surface area contributed by atoms with E-state index in [4.69, 9.17) is 0 Å². The third-order valence-electron chi connectivity index (χ3n) is 5.57. The summed E-state index contributed by atoms with van der Waals surface area (Å²) < 4.78 is 0. The van der Waals surface area contributed by atoms with E-state index in [-0.39, 0.29) is 0 Å². The highest BCUT2D eigenvalue weighted by molar-refractivity contribution is 5.34. The van der Waals surface area contributed by atoms with Crippen LogP contribution in [-0.2, 0) is 6.42 Å². The largest absolute Gasteiger partial charge is 0.307 e. The first kappa shape index (κ1) is 11.7. The van der Waals surface area contributed by atoms with Crippen molar-refractivity contribution in [3.63, 3.8) is 0 Å². The Morgan fingerprint density at radius 3 is 2.84 bits per heavy atom. The summed E-state index contributed by atoms with van der Waals surface area (Å²) >= 11 is 0. The van der Waals surface area contributed by atoms with E-state index in [1.54, 1.807) is 11.1 Å². The van der Waals surface area contributed by atoms with Crippen LogP contribution >= 0.6 is 0 Å². The smallest absolute Gasteiger partial charge is 0.0328 e. The summed E-state index contributed by atoms with van der Waals surface area (Å²) in [7, 11) is 0. The van der Waals surface area contributed by atoms with Crippen molar-refractivity contribution in [1.82, 2.24) is 5.32 Å². The summed E-state index contributed by atoms with van der Waals surface area (Å²) in [5.41, 5.74) is 3.10. The summed E-state index contributed by atoms with van der Waals surface area (Å²) in [5, 5.41) is 3.93. The van der Waals surface area contributed by atoms with E-state index in [1.807, 2.05) is 0 Å². The van der Waals surface area contributed by atoms with Crippen molar-refractivity contribution in [1.29, 1.82) is 0 Å². The van der Waals surface area contributed by atoms with Crippen molar-refractivity contribution in [2.45, 2.75) is 44.7 Å². The summed E-state index contributed by atoms with van der Waals surface area (Å²) in [6, 6.07) is 10.2. The molecule has 5 unspecified atom stereocenters. The molecule has 1 nitrogen and oxygen atoms in total. The number of rotatable bonds is 3. The van der Waals surface area contributed by atoms with Crippen LogP contribution in [0, 0.1) is 17.8 Å². The molecule has 1 aromatic rings. The standard InChI is InChI=1S/C18H23N/c1-12(17-11-13-6-7-15(17)10-13)19-18-9-8-14-4-2-3-5-16(14)18/h2-7,12-13,15,17-19H,8-11H2,1H3. The number of aryl methyl sites for hydroxylation is 1. The fourth-order valence-electron chi connectivity index (χ4n) is 4.57. The second-order valence-corrected chi connectivity index (χ2v) is 6.69. The van der Waals surface area contributed by atoms with E-state index in [0.717, 1.165) is 17.8 Å². The molecule has 4 rings (SSSR count). The van der Waals surface area contributed by atoms with Gasteiger partial charge in [0.25, 0.3) is 0 Å². The lowest BCUT2D eigenvalue weighted by atomic mass is 9.87. The van der Waals surface area contributed by atoms with Crippen LogP contribution in [0.4, 0.5) is 0 Å². The fraction of sp³-hybridized carbons (Fsp3) is 0.556. The first-order valence-corrected chi connectivity index (χ1v) is 7.83. The number of allylic oxidation sites excluding steroid dienone is 2. The number of fused-ring (bicyclic) bond motifs is 3. The first-order valence-electron chi connectivity index (χ1n) is 7.83. The van der Waals surface area contributed by atoms with E-state index >= 15 is 0 Å². The van der Waals surface area contributed by atoms with Crippen molar-refractivity contribution >= 4 is 0 Å². The van der Waals surface area contributed by atoms with Crippen LogP contribution in [0.1, 0.15) is 43.4 Å². The molecule has 1 aromatic carbocycles. The van der Waals surface area contributed by atoms with E-state index in [0.29, 0.717) is 12.1 Å². The van der Waals surface area contributed by atoms with E-state index in [9.17, 15) is 0 Å². The molecule has 0 saturated heterocycles. The minimum absolute atomic E-state index is 0.592. The Morgan fingerprint density at radius 2 is 2.05 bits per heavy atom. The van der Waals surface area contributed by atoms with Gasteiger partial charge in [0.1, 0.15) is 0 Å². The third kappa shape index (κ3) is 1.95. The Labute approximate surface area is 116 Å². The summed E-state index contributed by atoms with van der Waals surface area (Å²) in [6.07, 6.45) is 10.3. The zero-order chi connectivity index (χ0) is 12.8. The second kappa shape index (κ2) is 4.49. The van der Waals surface area contributed by atoms with Gasteiger partial charge in [0.05, 0.1) is 0 Å². The maximum Gasteiger partial charge on any atom is 0.0328 e. The van der Waals surface area contributed by atoms with Crippen LogP contribution in [-0.4, -0.2) is 6.04 Å². The number of nitrogens with one attached hydrogen (secondary N) is 1. The highest BCUT2D eigenvalue weighted by Gasteiger charge is 2.39. The summed E-state index contributed by atoms with van der Waals surface area (Å²) in [4.78, 5) is 0. The molecule has 1 saturated carbocycles. The van der Waals surface area contributed by atoms with Gasteiger partial charge in [-0.05, 0) is 61.5 Å². The Kier molecular flexibility index (Phi) is 2.77. The minimum Gasteiger partial charge on any atom is -0.307 e. The average Bonchev–Trinajstić information content (AvgIpc) is 3.14. The predicted octanol–water partition coefficient (Wildman–Crippen LogP) is 3.86. The highest BCUT2D eigenvalue weighted by atomic mass is 15.0. The molecule has 2 bridgehead atoms. The molecular formula is C18H23N. The highest BCUT2D eigenvalue weighted by Crippen LogP contribution is 2.45. The molecule has 0 heterocycles. The van der Waals surface area contributed by atoms with E-state index in [1.165, 1.54) is 25.7 Å². The molecular weight excluding hydrogens is 230 g/mol. The summed E-state index contributed by atoms with van der Waals surface area (Å²) in [6.45, 7) is 2.40. The molecule has 1 heteroatoms. The van der Waals surface area contributed by atoms with Crippen molar-refractivity contribution in [2.75, 3.05) is 0 Å². The molecule has 5 atom stereocenters. The lowest BCUT2D eigenvalue weighted by Gasteiger charge is -2.29. The Balaban J connectivity index is 1.46. The van der Waals surface area contributed by atoms with Gasteiger partial charge in [0, 0.05) is 12.1 Å².